The summed E-state index contributed by atoms with van der Waals surface area (Å²) >= 11 is 0. The largest absolute Gasteiger partial charge is 0.490 e. The summed E-state index contributed by atoms with van der Waals surface area (Å²) in [5, 5.41) is 0. The maximum Gasteiger partial charge on any atom is 0.166 e. The number of hydrogen-bond donors (Lipinski definition) is 0. The van der Waals surface area contributed by atoms with Gasteiger partial charge in [-0.15, -0.1) is 0 Å². The molecule has 0 atom stereocenters. The van der Waals surface area contributed by atoms with Gasteiger partial charge in [-0.3, -0.25) is 4.79 Å². The fraction of sp³-hybridized carbons (Fsp3) is 0.278. The number of para-hydroxylation sites is 1. The molecule has 0 heterocycles. The number of ketones is 1. The highest BCUT2D eigenvalue weighted by Crippen LogP contribution is 2.20. The van der Waals surface area contributed by atoms with Crippen LogP contribution in [0.2, 0.25) is 0 Å². The Morgan fingerprint density at radius 1 is 0.952 bits per heavy atom. The summed E-state index contributed by atoms with van der Waals surface area (Å²) in [5.41, 5.74) is 1.81. The lowest BCUT2D eigenvalue weighted by molar-refractivity contribution is 0.0975. The third-order valence-electron chi connectivity index (χ3n) is 3.22. The van der Waals surface area contributed by atoms with Crippen LogP contribution in [0.5, 0.6) is 5.75 Å². The van der Waals surface area contributed by atoms with Crippen LogP contribution in [0.1, 0.15) is 22.3 Å². The van der Waals surface area contributed by atoms with Gasteiger partial charge in [0.25, 0.3) is 0 Å². The predicted octanol–water partition coefficient (Wildman–Crippen LogP) is 3.53. The average molecular weight is 284 g/mol. The van der Waals surface area contributed by atoms with E-state index in [9.17, 15) is 4.79 Å². The van der Waals surface area contributed by atoms with Crippen LogP contribution in [0.3, 0.4) is 0 Å². The second-order valence-electron chi connectivity index (χ2n) is 4.75. The lowest BCUT2D eigenvalue weighted by Gasteiger charge is -2.10. The first-order valence-corrected chi connectivity index (χ1v) is 7.09. The molecule has 0 radical (unpaired) electrons. The van der Waals surface area contributed by atoms with Crippen molar-refractivity contribution in [3.05, 3.63) is 65.7 Å². The number of Topliss-reactive ketones (excluding diaryl/α,β-unsaturated/α-hetero) is 1. The van der Waals surface area contributed by atoms with E-state index < -0.39 is 0 Å². The van der Waals surface area contributed by atoms with Gasteiger partial charge < -0.3 is 9.47 Å². The topological polar surface area (TPSA) is 35.5 Å². The fourth-order valence-corrected chi connectivity index (χ4v) is 2.10. The number of carbonyl (C=O) groups is 1. The average Bonchev–Trinajstić information content (AvgIpc) is 2.54. The van der Waals surface area contributed by atoms with Crippen molar-refractivity contribution in [3.63, 3.8) is 0 Å². The summed E-state index contributed by atoms with van der Waals surface area (Å²) in [5.74, 6) is 0.736. The Kier molecular flexibility index (Phi) is 5.98. The smallest absolute Gasteiger partial charge is 0.166 e. The molecule has 0 aliphatic rings. The van der Waals surface area contributed by atoms with Crippen LogP contribution < -0.4 is 4.74 Å². The van der Waals surface area contributed by atoms with Crippen molar-refractivity contribution in [1.82, 2.24) is 0 Å². The summed E-state index contributed by atoms with van der Waals surface area (Å²) in [7, 11) is 1.63. The summed E-state index contributed by atoms with van der Waals surface area (Å²) < 4.78 is 10.6. The molecule has 0 N–H and O–H groups in total. The van der Waals surface area contributed by atoms with Crippen LogP contribution in [0.4, 0.5) is 0 Å². The third-order valence-corrected chi connectivity index (χ3v) is 3.22. The number of benzene rings is 2. The zero-order valence-electron chi connectivity index (χ0n) is 12.2. The molecule has 0 amide bonds. The van der Waals surface area contributed by atoms with E-state index in [0.717, 1.165) is 6.42 Å². The Labute approximate surface area is 125 Å². The molecule has 0 bridgehead atoms. The second kappa shape index (κ2) is 8.22. The predicted molar refractivity (Wildman–Crippen MR) is 82.9 cm³/mol. The van der Waals surface area contributed by atoms with E-state index >= 15 is 0 Å². The quantitative estimate of drug-likeness (QED) is 0.549. The van der Waals surface area contributed by atoms with E-state index in [1.165, 1.54) is 5.56 Å². The van der Waals surface area contributed by atoms with E-state index in [2.05, 4.69) is 0 Å². The van der Waals surface area contributed by atoms with Gasteiger partial charge in [0.05, 0.1) is 12.2 Å². The summed E-state index contributed by atoms with van der Waals surface area (Å²) in [6, 6.07) is 17.4. The van der Waals surface area contributed by atoms with Crippen LogP contribution in [-0.4, -0.2) is 26.1 Å². The molecule has 0 aromatic heterocycles. The normalized spacial score (nSPS) is 10.3. The van der Waals surface area contributed by atoms with Crippen molar-refractivity contribution in [2.24, 2.45) is 0 Å². The molecular weight excluding hydrogens is 264 g/mol. The van der Waals surface area contributed by atoms with Crippen molar-refractivity contribution in [3.8, 4) is 5.75 Å². The lowest BCUT2D eigenvalue weighted by atomic mass is 10.0. The van der Waals surface area contributed by atoms with Gasteiger partial charge in [0.1, 0.15) is 12.4 Å². The van der Waals surface area contributed by atoms with Gasteiger partial charge in [-0.05, 0) is 24.1 Å². The minimum atomic E-state index is 0.104. The molecule has 3 heteroatoms. The van der Waals surface area contributed by atoms with E-state index in [4.69, 9.17) is 9.47 Å². The van der Waals surface area contributed by atoms with Gasteiger partial charge in [0, 0.05) is 13.5 Å². The van der Waals surface area contributed by atoms with Crippen molar-refractivity contribution in [2.75, 3.05) is 20.3 Å². The summed E-state index contributed by atoms with van der Waals surface area (Å²) in [4.78, 5) is 12.4. The molecule has 2 aromatic carbocycles. The van der Waals surface area contributed by atoms with E-state index in [1.807, 2.05) is 54.6 Å². The Morgan fingerprint density at radius 2 is 1.67 bits per heavy atom. The van der Waals surface area contributed by atoms with Crippen molar-refractivity contribution >= 4 is 5.78 Å². The molecule has 0 spiro atoms. The van der Waals surface area contributed by atoms with Gasteiger partial charge in [0.2, 0.25) is 0 Å². The minimum absolute atomic E-state index is 0.104. The monoisotopic (exact) mass is 284 g/mol. The molecule has 0 aliphatic heterocycles. The summed E-state index contributed by atoms with van der Waals surface area (Å²) in [6.45, 7) is 0.950. The van der Waals surface area contributed by atoms with Crippen LogP contribution in [0, 0.1) is 0 Å². The number of rotatable bonds is 8. The highest BCUT2D eigenvalue weighted by molar-refractivity contribution is 5.98. The molecular formula is C18H20O3. The van der Waals surface area contributed by atoms with Crippen LogP contribution in [0.15, 0.2) is 54.6 Å². The van der Waals surface area contributed by atoms with Crippen molar-refractivity contribution < 1.29 is 14.3 Å². The van der Waals surface area contributed by atoms with E-state index in [1.54, 1.807) is 7.11 Å². The number of ether oxygens (including phenoxy) is 2. The maximum absolute atomic E-state index is 12.4. The first-order chi connectivity index (χ1) is 10.3. The van der Waals surface area contributed by atoms with Crippen LogP contribution >= 0.6 is 0 Å². The highest BCUT2D eigenvalue weighted by Gasteiger charge is 2.12. The fourth-order valence-electron chi connectivity index (χ4n) is 2.10. The zero-order chi connectivity index (χ0) is 14.9. The first kappa shape index (κ1) is 15.3. The van der Waals surface area contributed by atoms with Crippen molar-refractivity contribution in [2.45, 2.75) is 12.8 Å². The van der Waals surface area contributed by atoms with Gasteiger partial charge in [-0.1, -0.05) is 42.5 Å². The minimum Gasteiger partial charge on any atom is -0.490 e. The van der Waals surface area contributed by atoms with Crippen LogP contribution in [0.25, 0.3) is 0 Å². The Bertz CT molecular complexity index is 564. The number of methoxy groups -OCH3 is 1. The van der Waals surface area contributed by atoms with Gasteiger partial charge >= 0.3 is 0 Å². The maximum atomic E-state index is 12.4. The molecule has 2 aromatic rings. The van der Waals surface area contributed by atoms with Gasteiger partial charge in [0.15, 0.2) is 5.78 Å². The summed E-state index contributed by atoms with van der Waals surface area (Å²) in [6.07, 6.45) is 1.22. The van der Waals surface area contributed by atoms with E-state index in [-0.39, 0.29) is 5.78 Å². The first-order valence-electron chi connectivity index (χ1n) is 7.09. The SMILES string of the molecule is COCCOc1ccccc1C(=O)CCc1ccccc1. The standard InChI is InChI=1S/C18H20O3/c1-20-13-14-21-18-10-6-5-9-16(18)17(19)12-11-15-7-3-2-4-8-15/h2-10H,11-14H2,1H3. The molecule has 110 valence electrons. The Morgan fingerprint density at radius 3 is 2.43 bits per heavy atom. The molecule has 3 nitrogen and oxygen atoms in total. The highest BCUT2D eigenvalue weighted by atomic mass is 16.5. The van der Waals surface area contributed by atoms with Crippen LogP contribution in [-0.2, 0) is 11.2 Å². The van der Waals surface area contributed by atoms with Gasteiger partial charge in [-0.2, -0.15) is 0 Å². The Hall–Kier alpha value is -2.13. The number of hydrogen-bond acceptors (Lipinski definition) is 3. The lowest BCUT2D eigenvalue weighted by Crippen LogP contribution is -2.09. The molecule has 0 saturated carbocycles. The third kappa shape index (κ3) is 4.72. The van der Waals surface area contributed by atoms with Crippen molar-refractivity contribution in [1.29, 1.82) is 0 Å². The Balaban J connectivity index is 1.98. The van der Waals surface area contributed by atoms with Gasteiger partial charge in [-0.25, -0.2) is 0 Å². The molecule has 0 unspecified atom stereocenters. The number of aryl methyl sites for hydroxylation is 1. The van der Waals surface area contributed by atoms with E-state index in [0.29, 0.717) is 30.9 Å². The molecule has 21 heavy (non-hydrogen) atoms. The molecule has 0 fully saturated rings. The molecule has 0 saturated heterocycles. The zero-order valence-corrected chi connectivity index (χ0v) is 12.2. The second-order valence-corrected chi connectivity index (χ2v) is 4.75. The molecule has 2 rings (SSSR count). The number of carbonyl (C=O) groups excluding carboxylic acids is 1. The molecule has 0 aliphatic carbocycles.